The number of carbonyl (C=O) groups excluding carboxylic acids is 2. The molecule has 0 radical (unpaired) electrons. The van der Waals surface area contributed by atoms with Crippen molar-refractivity contribution in [1.82, 2.24) is 20.1 Å². The fourth-order valence-corrected chi connectivity index (χ4v) is 3.41. The second kappa shape index (κ2) is 8.82. The van der Waals surface area contributed by atoms with Gasteiger partial charge in [-0.2, -0.15) is 5.10 Å². The Kier molecular flexibility index (Phi) is 6.42. The molecule has 0 saturated carbocycles. The quantitative estimate of drug-likeness (QED) is 0.595. The van der Waals surface area contributed by atoms with E-state index in [0.29, 0.717) is 23.1 Å². The third-order valence-corrected chi connectivity index (χ3v) is 4.69. The van der Waals surface area contributed by atoms with Gasteiger partial charge in [-0.15, -0.1) is 0 Å². The summed E-state index contributed by atoms with van der Waals surface area (Å²) in [4.78, 5) is 29.6. The Morgan fingerprint density at radius 3 is 2.55 bits per heavy atom. The minimum absolute atomic E-state index is 0.130. The third-order valence-electron chi connectivity index (χ3n) is 3.88. The van der Waals surface area contributed by atoms with Gasteiger partial charge in [-0.25, -0.2) is 9.67 Å². The molecule has 0 spiro atoms. The normalized spacial score (nSPS) is 10.7. The van der Waals surface area contributed by atoms with Gasteiger partial charge in [0, 0.05) is 17.8 Å². The first-order valence-electron chi connectivity index (χ1n) is 8.58. The molecular formula is C19H16Cl3N5O2. The lowest BCUT2D eigenvalue weighted by molar-refractivity contribution is 0.0956. The monoisotopic (exact) mass is 451 g/mol. The van der Waals surface area contributed by atoms with Crippen LogP contribution < -0.4 is 10.6 Å². The molecule has 29 heavy (non-hydrogen) atoms. The van der Waals surface area contributed by atoms with E-state index in [1.807, 2.05) is 0 Å². The predicted octanol–water partition coefficient (Wildman–Crippen LogP) is 4.54. The van der Waals surface area contributed by atoms with Gasteiger partial charge in [0.05, 0.1) is 27.0 Å². The highest BCUT2D eigenvalue weighted by Crippen LogP contribution is 2.31. The van der Waals surface area contributed by atoms with Crippen LogP contribution in [-0.2, 0) is 0 Å². The third kappa shape index (κ3) is 4.53. The molecule has 0 aliphatic heterocycles. The van der Waals surface area contributed by atoms with Gasteiger partial charge in [-0.3, -0.25) is 9.59 Å². The molecule has 2 amide bonds. The van der Waals surface area contributed by atoms with E-state index < -0.39 is 11.8 Å². The summed E-state index contributed by atoms with van der Waals surface area (Å²) in [7, 11) is 0. The Morgan fingerprint density at radius 2 is 1.86 bits per heavy atom. The number of aryl methyl sites for hydroxylation is 1. The van der Waals surface area contributed by atoms with Crippen LogP contribution in [0.5, 0.6) is 0 Å². The van der Waals surface area contributed by atoms with Crippen LogP contribution in [-0.4, -0.2) is 33.1 Å². The van der Waals surface area contributed by atoms with Crippen molar-refractivity contribution >= 4 is 52.3 Å². The summed E-state index contributed by atoms with van der Waals surface area (Å²) in [6.07, 6.45) is 1.54. The lowest BCUT2D eigenvalue weighted by Gasteiger charge is -2.14. The van der Waals surface area contributed by atoms with Gasteiger partial charge in [0.25, 0.3) is 11.8 Å². The number of rotatable bonds is 5. The van der Waals surface area contributed by atoms with Gasteiger partial charge in [-0.05, 0) is 44.2 Å². The standard InChI is InChI=1S/C19H16Cl3N5O2/c1-3-23-18(28)12-8-11(20)9-14(22)16(12)25-19(29)15-7-10(2)26-27(15)17-13(21)5-4-6-24-17/h4-9H,3H2,1-2H3,(H,23,28)(H,25,29). The maximum absolute atomic E-state index is 13.0. The van der Waals surface area contributed by atoms with Gasteiger partial charge in [0.1, 0.15) is 5.69 Å². The second-order valence-corrected chi connectivity index (χ2v) is 7.27. The van der Waals surface area contributed by atoms with Gasteiger partial charge >= 0.3 is 0 Å². The van der Waals surface area contributed by atoms with Crippen molar-refractivity contribution in [2.75, 3.05) is 11.9 Å². The molecule has 2 heterocycles. The van der Waals surface area contributed by atoms with Crippen molar-refractivity contribution in [3.8, 4) is 5.82 Å². The Bertz CT molecular complexity index is 1100. The molecule has 0 aliphatic carbocycles. The molecule has 0 aliphatic rings. The van der Waals surface area contributed by atoms with Crippen LogP contribution in [0.2, 0.25) is 15.1 Å². The highest BCUT2D eigenvalue weighted by molar-refractivity contribution is 6.38. The van der Waals surface area contributed by atoms with Crippen molar-refractivity contribution in [3.63, 3.8) is 0 Å². The Labute approximate surface area is 182 Å². The zero-order chi connectivity index (χ0) is 21.1. The Balaban J connectivity index is 2.03. The van der Waals surface area contributed by atoms with Crippen LogP contribution >= 0.6 is 34.8 Å². The molecule has 150 valence electrons. The Hall–Kier alpha value is -2.61. The van der Waals surface area contributed by atoms with E-state index in [9.17, 15) is 9.59 Å². The van der Waals surface area contributed by atoms with Crippen LogP contribution in [0, 0.1) is 6.92 Å². The van der Waals surface area contributed by atoms with Crippen molar-refractivity contribution < 1.29 is 9.59 Å². The summed E-state index contributed by atoms with van der Waals surface area (Å²) in [5, 5.41) is 10.4. The number of anilines is 1. The molecule has 3 rings (SSSR count). The zero-order valence-electron chi connectivity index (χ0n) is 15.5. The molecule has 2 aromatic heterocycles. The van der Waals surface area contributed by atoms with Crippen LogP contribution in [0.3, 0.4) is 0 Å². The van der Waals surface area contributed by atoms with Crippen molar-refractivity contribution in [1.29, 1.82) is 0 Å². The number of nitrogens with zero attached hydrogens (tertiary/aromatic N) is 3. The topological polar surface area (TPSA) is 88.9 Å². The number of nitrogens with one attached hydrogen (secondary N) is 2. The SMILES string of the molecule is CCNC(=O)c1cc(Cl)cc(Cl)c1NC(=O)c1cc(C)nn1-c1ncccc1Cl. The first-order valence-corrected chi connectivity index (χ1v) is 9.71. The molecule has 1 aromatic carbocycles. The molecule has 0 unspecified atom stereocenters. The molecule has 0 fully saturated rings. The maximum atomic E-state index is 13.0. The minimum Gasteiger partial charge on any atom is -0.352 e. The summed E-state index contributed by atoms with van der Waals surface area (Å²) in [5.41, 5.74) is 1.06. The highest BCUT2D eigenvalue weighted by Gasteiger charge is 2.22. The number of hydrogen-bond acceptors (Lipinski definition) is 4. The van der Waals surface area contributed by atoms with E-state index in [1.165, 1.54) is 16.8 Å². The number of pyridine rings is 1. The summed E-state index contributed by atoms with van der Waals surface area (Å²) < 4.78 is 1.34. The number of halogens is 3. The van der Waals surface area contributed by atoms with Gasteiger partial charge in [0.2, 0.25) is 0 Å². The first kappa shape index (κ1) is 21.1. The van der Waals surface area contributed by atoms with E-state index in [4.69, 9.17) is 34.8 Å². The van der Waals surface area contributed by atoms with Crippen molar-refractivity contribution in [2.45, 2.75) is 13.8 Å². The number of aromatic nitrogens is 3. The summed E-state index contributed by atoms with van der Waals surface area (Å²) in [5.74, 6) is -0.648. The number of benzene rings is 1. The van der Waals surface area contributed by atoms with E-state index >= 15 is 0 Å². The lowest BCUT2D eigenvalue weighted by Crippen LogP contribution is -2.25. The summed E-state index contributed by atoms with van der Waals surface area (Å²) >= 11 is 18.5. The van der Waals surface area contributed by atoms with Crippen LogP contribution in [0.4, 0.5) is 5.69 Å². The maximum Gasteiger partial charge on any atom is 0.274 e. The van der Waals surface area contributed by atoms with Crippen LogP contribution in [0.15, 0.2) is 36.5 Å². The van der Waals surface area contributed by atoms with Crippen LogP contribution in [0.1, 0.15) is 33.5 Å². The molecule has 2 N–H and O–H groups in total. The largest absolute Gasteiger partial charge is 0.352 e. The van der Waals surface area contributed by atoms with Crippen molar-refractivity contribution in [3.05, 3.63) is 68.5 Å². The lowest BCUT2D eigenvalue weighted by atomic mass is 10.1. The summed E-state index contributed by atoms with van der Waals surface area (Å²) in [6.45, 7) is 3.92. The van der Waals surface area contributed by atoms with E-state index in [2.05, 4.69) is 20.7 Å². The molecule has 0 atom stereocenters. The number of carbonyl (C=O) groups is 2. The minimum atomic E-state index is -0.540. The van der Waals surface area contributed by atoms with Gasteiger partial charge in [-0.1, -0.05) is 34.8 Å². The fraction of sp³-hybridized carbons (Fsp3) is 0.158. The number of hydrogen-bond donors (Lipinski definition) is 2. The molecule has 0 bridgehead atoms. The second-order valence-electron chi connectivity index (χ2n) is 6.02. The molecule has 10 heteroatoms. The average Bonchev–Trinajstić information content (AvgIpc) is 3.05. The summed E-state index contributed by atoms with van der Waals surface area (Å²) in [6, 6.07) is 7.78. The molecule has 0 saturated heterocycles. The average molecular weight is 453 g/mol. The van der Waals surface area contributed by atoms with E-state index in [-0.39, 0.29) is 27.0 Å². The van der Waals surface area contributed by atoms with E-state index in [1.54, 1.807) is 38.2 Å². The van der Waals surface area contributed by atoms with E-state index in [0.717, 1.165) is 0 Å². The highest BCUT2D eigenvalue weighted by atomic mass is 35.5. The predicted molar refractivity (Wildman–Crippen MR) is 114 cm³/mol. The first-order chi connectivity index (χ1) is 13.8. The smallest absolute Gasteiger partial charge is 0.274 e. The van der Waals surface area contributed by atoms with Gasteiger partial charge < -0.3 is 10.6 Å². The van der Waals surface area contributed by atoms with Gasteiger partial charge in [0.15, 0.2) is 5.82 Å². The molecule has 7 nitrogen and oxygen atoms in total. The number of amides is 2. The molecular weight excluding hydrogens is 437 g/mol. The van der Waals surface area contributed by atoms with Crippen molar-refractivity contribution in [2.24, 2.45) is 0 Å². The fourth-order valence-electron chi connectivity index (χ4n) is 2.67. The molecule has 3 aromatic rings. The zero-order valence-corrected chi connectivity index (χ0v) is 17.7. The van der Waals surface area contributed by atoms with Crippen LogP contribution in [0.25, 0.3) is 5.82 Å². The Morgan fingerprint density at radius 1 is 1.10 bits per heavy atom.